The van der Waals surface area contributed by atoms with Gasteiger partial charge in [0.15, 0.2) is 0 Å². The standard InChI is InChI=1S/C15H11BrClFO2/c16-10-6-4-9(5-7-10)11(15(19)20)8-12-13(17)2-1-3-14(12)18/h1-7,11H,8H2,(H,19,20). The number of halogens is 3. The van der Waals surface area contributed by atoms with Gasteiger partial charge in [-0.2, -0.15) is 0 Å². The van der Waals surface area contributed by atoms with Gasteiger partial charge in [-0.1, -0.05) is 45.7 Å². The molecule has 0 aliphatic heterocycles. The number of rotatable bonds is 4. The van der Waals surface area contributed by atoms with Crippen molar-refractivity contribution in [2.24, 2.45) is 0 Å². The third-order valence-electron chi connectivity index (χ3n) is 3.04. The second kappa shape index (κ2) is 6.37. The van der Waals surface area contributed by atoms with E-state index in [1.165, 1.54) is 12.1 Å². The third kappa shape index (κ3) is 3.38. The van der Waals surface area contributed by atoms with Crippen LogP contribution in [0.15, 0.2) is 46.9 Å². The van der Waals surface area contributed by atoms with Crippen molar-refractivity contribution < 1.29 is 14.3 Å². The quantitative estimate of drug-likeness (QED) is 0.864. The van der Waals surface area contributed by atoms with E-state index in [0.29, 0.717) is 5.56 Å². The molecule has 1 unspecified atom stereocenters. The summed E-state index contributed by atoms with van der Waals surface area (Å²) in [5, 5.41) is 9.61. The Morgan fingerprint density at radius 3 is 2.45 bits per heavy atom. The van der Waals surface area contributed by atoms with Gasteiger partial charge in [-0.05, 0) is 36.2 Å². The van der Waals surface area contributed by atoms with Crippen molar-refractivity contribution >= 4 is 33.5 Å². The maximum Gasteiger partial charge on any atom is 0.311 e. The Morgan fingerprint density at radius 2 is 1.90 bits per heavy atom. The Labute approximate surface area is 129 Å². The molecule has 2 nitrogen and oxygen atoms in total. The van der Waals surface area contributed by atoms with Crippen LogP contribution in [0.4, 0.5) is 4.39 Å². The highest BCUT2D eigenvalue weighted by molar-refractivity contribution is 9.10. The fourth-order valence-corrected chi connectivity index (χ4v) is 2.48. The fourth-order valence-electron chi connectivity index (χ4n) is 1.97. The van der Waals surface area contributed by atoms with Crippen LogP contribution in [-0.4, -0.2) is 11.1 Å². The zero-order chi connectivity index (χ0) is 14.7. The largest absolute Gasteiger partial charge is 0.481 e. The van der Waals surface area contributed by atoms with Crippen molar-refractivity contribution in [2.45, 2.75) is 12.3 Å². The van der Waals surface area contributed by atoms with Gasteiger partial charge < -0.3 is 5.11 Å². The van der Waals surface area contributed by atoms with E-state index in [1.54, 1.807) is 30.3 Å². The SMILES string of the molecule is O=C(O)C(Cc1c(F)cccc1Cl)c1ccc(Br)cc1. The van der Waals surface area contributed by atoms with E-state index in [0.717, 1.165) is 4.47 Å². The molecule has 2 rings (SSSR count). The minimum Gasteiger partial charge on any atom is -0.481 e. The Kier molecular flexibility index (Phi) is 4.78. The van der Waals surface area contributed by atoms with Crippen LogP contribution in [0.5, 0.6) is 0 Å². The minimum atomic E-state index is -1.01. The summed E-state index contributed by atoms with van der Waals surface area (Å²) in [5.41, 5.74) is 0.838. The van der Waals surface area contributed by atoms with E-state index in [1.807, 2.05) is 0 Å². The van der Waals surface area contributed by atoms with E-state index >= 15 is 0 Å². The lowest BCUT2D eigenvalue weighted by molar-refractivity contribution is -0.138. The molecule has 0 spiro atoms. The van der Waals surface area contributed by atoms with Gasteiger partial charge in [-0.25, -0.2) is 4.39 Å². The van der Waals surface area contributed by atoms with Gasteiger partial charge in [0.2, 0.25) is 0 Å². The summed E-state index contributed by atoms with van der Waals surface area (Å²) in [6, 6.07) is 11.3. The number of carbonyl (C=O) groups is 1. The highest BCUT2D eigenvalue weighted by Gasteiger charge is 2.23. The summed E-state index contributed by atoms with van der Waals surface area (Å²) in [6.07, 6.45) is 0.0163. The summed E-state index contributed by atoms with van der Waals surface area (Å²) in [7, 11) is 0. The van der Waals surface area contributed by atoms with Crippen LogP contribution in [0.2, 0.25) is 5.02 Å². The van der Waals surface area contributed by atoms with Gasteiger partial charge in [0.05, 0.1) is 5.92 Å². The molecular weight excluding hydrogens is 347 g/mol. The minimum absolute atomic E-state index is 0.0163. The van der Waals surface area contributed by atoms with Gasteiger partial charge in [0, 0.05) is 15.1 Å². The maximum absolute atomic E-state index is 13.8. The molecule has 0 aliphatic rings. The van der Waals surface area contributed by atoms with Crippen molar-refractivity contribution in [1.29, 1.82) is 0 Å². The highest BCUT2D eigenvalue weighted by atomic mass is 79.9. The summed E-state index contributed by atoms with van der Waals surface area (Å²) >= 11 is 9.24. The maximum atomic E-state index is 13.8. The average molecular weight is 358 g/mol. The first kappa shape index (κ1) is 15.0. The monoisotopic (exact) mass is 356 g/mol. The molecule has 0 saturated carbocycles. The molecule has 104 valence electrons. The smallest absolute Gasteiger partial charge is 0.311 e. The van der Waals surface area contributed by atoms with Crippen molar-refractivity contribution in [3.8, 4) is 0 Å². The van der Waals surface area contributed by atoms with Gasteiger partial charge in [0.1, 0.15) is 5.82 Å². The van der Waals surface area contributed by atoms with Crippen molar-refractivity contribution in [3.63, 3.8) is 0 Å². The molecule has 2 aromatic rings. The third-order valence-corrected chi connectivity index (χ3v) is 3.92. The predicted octanol–water partition coefficient (Wildman–Crippen LogP) is 4.65. The average Bonchev–Trinajstić information content (AvgIpc) is 2.39. The van der Waals surface area contributed by atoms with Crippen molar-refractivity contribution in [2.75, 3.05) is 0 Å². The zero-order valence-corrected chi connectivity index (χ0v) is 12.7. The lowest BCUT2D eigenvalue weighted by atomic mass is 9.92. The first-order valence-corrected chi connectivity index (χ1v) is 7.07. The summed E-state index contributed by atoms with van der Waals surface area (Å²) in [5.74, 6) is -2.33. The number of hydrogen-bond donors (Lipinski definition) is 1. The lowest BCUT2D eigenvalue weighted by Crippen LogP contribution is -2.15. The van der Waals surface area contributed by atoms with Gasteiger partial charge >= 0.3 is 5.97 Å². The van der Waals surface area contributed by atoms with E-state index in [4.69, 9.17) is 11.6 Å². The number of aliphatic carboxylic acids is 1. The van der Waals surface area contributed by atoms with Crippen LogP contribution < -0.4 is 0 Å². The second-order valence-corrected chi connectivity index (χ2v) is 5.67. The van der Waals surface area contributed by atoms with Crippen LogP contribution >= 0.6 is 27.5 Å². The molecule has 20 heavy (non-hydrogen) atoms. The summed E-state index contributed by atoms with van der Waals surface area (Å²) < 4.78 is 14.6. The normalized spacial score (nSPS) is 12.2. The molecule has 2 aromatic carbocycles. The molecule has 0 fully saturated rings. The number of hydrogen-bond acceptors (Lipinski definition) is 1. The van der Waals surface area contributed by atoms with Gasteiger partial charge in [-0.3, -0.25) is 4.79 Å². The lowest BCUT2D eigenvalue weighted by Gasteiger charge is -2.14. The Balaban J connectivity index is 2.35. The number of carboxylic acids is 1. The molecule has 0 radical (unpaired) electrons. The van der Waals surface area contributed by atoms with Crippen LogP contribution in [0.3, 0.4) is 0 Å². The molecule has 0 aliphatic carbocycles. The Hall–Kier alpha value is -1.39. The van der Waals surface area contributed by atoms with Crippen LogP contribution in [0, 0.1) is 5.82 Å². The Morgan fingerprint density at radius 1 is 1.25 bits per heavy atom. The molecular formula is C15H11BrClFO2. The Bertz CT molecular complexity index is 608. The van der Waals surface area contributed by atoms with Gasteiger partial charge in [-0.15, -0.1) is 0 Å². The summed E-state index contributed by atoms with van der Waals surface area (Å²) in [6.45, 7) is 0. The molecule has 0 saturated heterocycles. The highest BCUT2D eigenvalue weighted by Crippen LogP contribution is 2.28. The molecule has 1 atom stereocenters. The molecule has 0 heterocycles. The topological polar surface area (TPSA) is 37.3 Å². The van der Waals surface area contributed by atoms with E-state index in [-0.39, 0.29) is 17.0 Å². The van der Waals surface area contributed by atoms with E-state index in [2.05, 4.69) is 15.9 Å². The fraction of sp³-hybridized carbons (Fsp3) is 0.133. The first-order valence-electron chi connectivity index (χ1n) is 5.90. The van der Waals surface area contributed by atoms with Crippen molar-refractivity contribution in [1.82, 2.24) is 0 Å². The molecule has 0 amide bonds. The zero-order valence-electron chi connectivity index (χ0n) is 10.3. The summed E-state index contributed by atoms with van der Waals surface area (Å²) in [4.78, 5) is 11.4. The molecule has 0 bridgehead atoms. The van der Waals surface area contributed by atoms with Crippen LogP contribution in [0.25, 0.3) is 0 Å². The number of carboxylic acid groups (broad SMARTS) is 1. The first-order chi connectivity index (χ1) is 9.49. The van der Waals surface area contributed by atoms with Crippen LogP contribution in [-0.2, 0) is 11.2 Å². The second-order valence-electron chi connectivity index (χ2n) is 4.35. The van der Waals surface area contributed by atoms with E-state index < -0.39 is 17.7 Å². The van der Waals surface area contributed by atoms with Gasteiger partial charge in [0.25, 0.3) is 0 Å². The van der Waals surface area contributed by atoms with Crippen LogP contribution in [0.1, 0.15) is 17.0 Å². The van der Waals surface area contributed by atoms with E-state index in [9.17, 15) is 14.3 Å². The molecule has 1 N–H and O–H groups in total. The molecule has 0 aromatic heterocycles. The predicted molar refractivity (Wildman–Crippen MR) is 79.6 cm³/mol. The number of benzene rings is 2. The molecule has 5 heteroatoms. The van der Waals surface area contributed by atoms with Crippen molar-refractivity contribution in [3.05, 3.63) is 68.9 Å².